The van der Waals surface area contributed by atoms with Crippen LogP contribution in [0.1, 0.15) is 32.0 Å². The Morgan fingerprint density at radius 3 is 2.53 bits per heavy atom. The van der Waals surface area contributed by atoms with Crippen LogP contribution in [0, 0.1) is 0 Å². The molecule has 15 heavy (non-hydrogen) atoms. The Kier molecular flexibility index (Phi) is 3.38. The van der Waals surface area contributed by atoms with Crippen LogP contribution in [0.4, 0.5) is 13.2 Å². The minimum atomic E-state index is -4.39. The fraction of sp³-hybridized carbons (Fsp3) is 0.667. The van der Waals surface area contributed by atoms with E-state index in [9.17, 15) is 13.2 Å². The van der Waals surface area contributed by atoms with Gasteiger partial charge in [0.1, 0.15) is 0 Å². The van der Waals surface area contributed by atoms with Crippen molar-refractivity contribution in [3.63, 3.8) is 0 Å². The van der Waals surface area contributed by atoms with Gasteiger partial charge in [-0.25, -0.2) is 0 Å². The van der Waals surface area contributed by atoms with E-state index in [0.29, 0.717) is 6.42 Å². The molecule has 6 heteroatoms. The monoisotopic (exact) mass is 221 g/mol. The number of halogens is 3. The van der Waals surface area contributed by atoms with Crippen molar-refractivity contribution in [3.8, 4) is 0 Å². The molecule has 2 atom stereocenters. The molecule has 86 valence electrons. The summed E-state index contributed by atoms with van der Waals surface area (Å²) in [5, 5.41) is 3.46. The predicted octanol–water partition coefficient (Wildman–Crippen LogP) is 2.20. The maximum Gasteiger partial charge on any atom is 0.435 e. The summed E-state index contributed by atoms with van der Waals surface area (Å²) in [6.45, 7) is 3.64. The van der Waals surface area contributed by atoms with E-state index in [0.717, 1.165) is 6.07 Å². The van der Waals surface area contributed by atoms with Gasteiger partial charge in [0.25, 0.3) is 0 Å². The van der Waals surface area contributed by atoms with Gasteiger partial charge in [-0.05, 0) is 19.4 Å². The minimum Gasteiger partial charge on any atom is -0.326 e. The third kappa shape index (κ3) is 2.71. The molecule has 0 radical (unpaired) electrons. The fourth-order valence-corrected chi connectivity index (χ4v) is 1.25. The molecule has 1 rings (SSSR count). The lowest BCUT2D eigenvalue weighted by Crippen LogP contribution is -2.30. The van der Waals surface area contributed by atoms with Gasteiger partial charge in [0, 0.05) is 12.2 Å². The van der Waals surface area contributed by atoms with E-state index in [2.05, 4.69) is 5.10 Å². The quantitative estimate of drug-likeness (QED) is 0.850. The van der Waals surface area contributed by atoms with Gasteiger partial charge in [0.2, 0.25) is 0 Å². The molecule has 1 aromatic rings. The van der Waals surface area contributed by atoms with Crippen molar-refractivity contribution in [1.82, 2.24) is 9.78 Å². The number of nitrogens with zero attached hydrogens (tertiary/aromatic N) is 2. The van der Waals surface area contributed by atoms with Crippen LogP contribution >= 0.6 is 0 Å². The highest BCUT2D eigenvalue weighted by molar-refractivity contribution is 5.04. The standard InChI is InChI=1S/C9H14F3N3/c1-3-7(13)6(2)15-5-4-8(14-15)9(10,11)12/h4-7H,3,13H2,1-2H3. The number of hydrogen-bond donors (Lipinski definition) is 1. The Morgan fingerprint density at radius 2 is 2.13 bits per heavy atom. The maximum absolute atomic E-state index is 12.2. The summed E-state index contributed by atoms with van der Waals surface area (Å²) in [7, 11) is 0. The second kappa shape index (κ2) is 4.22. The smallest absolute Gasteiger partial charge is 0.326 e. The average Bonchev–Trinajstić information content (AvgIpc) is 2.63. The van der Waals surface area contributed by atoms with Crippen LogP contribution < -0.4 is 5.73 Å². The van der Waals surface area contributed by atoms with E-state index < -0.39 is 11.9 Å². The summed E-state index contributed by atoms with van der Waals surface area (Å²) >= 11 is 0. The van der Waals surface area contributed by atoms with Crippen LogP contribution in [0.3, 0.4) is 0 Å². The molecule has 0 amide bonds. The van der Waals surface area contributed by atoms with Crippen molar-refractivity contribution in [1.29, 1.82) is 0 Å². The highest BCUT2D eigenvalue weighted by Gasteiger charge is 2.34. The summed E-state index contributed by atoms with van der Waals surface area (Å²) in [6, 6.07) is 0.538. The van der Waals surface area contributed by atoms with Crippen molar-refractivity contribution < 1.29 is 13.2 Å². The van der Waals surface area contributed by atoms with Crippen LogP contribution in [0.5, 0.6) is 0 Å². The molecule has 0 bridgehead atoms. The molecular formula is C9H14F3N3. The Morgan fingerprint density at radius 1 is 1.53 bits per heavy atom. The lowest BCUT2D eigenvalue weighted by atomic mass is 10.1. The zero-order valence-electron chi connectivity index (χ0n) is 8.62. The molecule has 2 unspecified atom stereocenters. The molecule has 0 aliphatic rings. The summed E-state index contributed by atoms with van der Waals surface area (Å²) in [4.78, 5) is 0. The summed E-state index contributed by atoms with van der Waals surface area (Å²) < 4.78 is 38.0. The Hall–Kier alpha value is -1.04. The first kappa shape index (κ1) is 12.0. The minimum absolute atomic E-state index is 0.189. The molecule has 0 aliphatic heterocycles. The van der Waals surface area contributed by atoms with Gasteiger partial charge in [0.05, 0.1) is 6.04 Å². The summed E-state index contributed by atoms with van der Waals surface area (Å²) in [5.74, 6) is 0. The maximum atomic E-state index is 12.2. The lowest BCUT2D eigenvalue weighted by molar-refractivity contribution is -0.141. The molecular weight excluding hydrogens is 207 g/mol. The lowest BCUT2D eigenvalue weighted by Gasteiger charge is -2.18. The van der Waals surface area contributed by atoms with E-state index in [1.165, 1.54) is 10.9 Å². The van der Waals surface area contributed by atoms with Crippen molar-refractivity contribution in [3.05, 3.63) is 18.0 Å². The van der Waals surface area contributed by atoms with E-state index in [1.807, 2.05) is 6.92 Å². The number of nitrogens with two attached hydrogens (primary N) is 1. The van der Waals surface area contributed by atoms with Gasteiger partial charge in [-0.3, -0.25) is 4.68 Å². The van der Waals surface area contributed by atoms with Crippen molar-refractivity contribution in [2.45, 2.75) is 38.5 Å². The molecule has 0 aliphatic carbocycles. The van der Waals surface area contributed by atoms with E-state index >= 15 is 0 Å². The number of hydrogen-bond acceptors (Lipinski definition) is 2. The molecule has 1 heterocycles. The highest BCUT2D eigenvalue weighted by Crippen LogP contribution is 2.28. The highest BCUT2D eigenvalue weighted by atomic mass is 19.4. The zero-order valence-corrected chi connectivity index (χ0v) is 8.62. The first-order valence-electron chi connectivity index (χ1n) is 4.74. The Labute approximate surface area is 86.1 Å². The summed E-state index contributed by atoms with van der Waals surface area (Å²) in [5.41, 5.74) is 4.85. The third-order valence-corrected chi connectivity index (χ3v) is 2.41. The molecule has 0 fully saturated rings. The normalized spacial score (nSPS) is 16.4. The SMILES string of the molecule is CCC(N)C(C)n1ccc(C(F)(F)F)n1. The van der Waals surface area contributed by atoms with Crippen LogP contribution in [0.25, 0.3) is 0 Å². The Bertz CT molecular complexity index is 319. The molecule has 1 aromatic heterocycles. The third-order valence-electron chi connectivity index (χ3n) is 2.41. The van der Waals surface area contributed by atoms with Gasteiger partial charge >= 0.3 is 6.18 Å². The van der Waals surface area contributed by atoms with Gasteiger partial charge in [-0.15, -0.1) is 0 Å². The zero-order chi connectivity index (χ0) is 11.6. The van der Waals surface area contributed by atoms with Gasteiger partial charge < -0.3 is 5.73 Å². The molecule has 0 spiro atoms. The molecule has 2 N–H and O–H groups in total. The molecule has 0 saturated carbocycles. The topological polar surface area (TPSA) is 43.8 Å². The van der Waals surface area contributed by atoms with Crippen molar-refractivity contribution in [2.24, 2.45) is 5.73 Å². The van der Waals surface area contributed by atoms with E-state index in [-0.39, 0.29) is 12.1 Å². The second-order valence-electron chi connectivity index (χ2n) is 3.49. The largest absolute Gasteiger partial charge is 0.435 e. The molecule has 0 aromatic carbocycles. The van der Waals surface area contributed by atoms with Crippen molar-refractivity contribution in [2.75, 3.05) is 0 Å². The number of alkyl halides is 3. The molecule has 3 nitrogen and oxygen atoms in total. The number of rotatable bonds is 3. The van der Waals surface area contributed by atoms with Gasteiger partial charge in [-0.2, -0.15) is 18.3 Å². The van der Waals surface area contributed by atoms with Gasteiger partial charge in [0.15, 0.2) is 5.69 Å². The van der Waals surface area contributed by atoms with Crippen molar-refractivity contribution >= 4 is 0 Å². The first-order chi connectivity index (χ1) is 6.86. The second-order valence-corrected chi connectivity index (χ2v) is 3.49. The first-order valence-corrected chi connectivity index (χ1v) is 4.74. The summed E-state index contributed by atoms with van der Waals surface area (Å²) in [6.07, 6.45) is -2.38. The van der Waals surface area contributed by atoms with E-state index in [1.54, 1.807) is 6.92 Å². The van der Waals surface area contributed by atoms with Crippen LogP contribution in [0.2, 0.25) is 0 Å². The Balaban J connectivity index is 2.85. The van der Waals surface area contributed by atoms with Crippen LogP contribution in [-0.2, 0) is 6.18 Å². The fourth-order valence-electron chi connectivity index (χ4n) is 1.25. The number of aromatic nitrogens is 2. The van der Waals surface area contributed by atoms with Crippen LogP contribution in [-0.4, -0.2) is 15.8 Å². The van der Waals surface area contributed by atoms with E-state index in [4.69, 9.17) is 5.73 Å². The van der Waals surface area contributed by atoms with Gasteiger partial charge in [-0.1, -0.05) is 6.92 Å². The molecule has 0 saturated heterocycles. The van der Waals surface area contributed by atoms with Crippen LogP contribution in [0.15, 0.2) is 12.3 Å². The predicted molar refractivity (Wildman–Crippen MR) is 50.2 cm³/mol. The average molecular weight is 221 g/mol.